The number of halogens is 1. The number of hydrogen-bond acceptors (Lipinski definition) is 4. The third kappa shape index (κ3) is 2.63. The van der Waals surface area contributed by atoms with Gasteiger partial charge in [0, 0.05) is 11.5 Å². The zero-order valence-corrected chi connectivity index (χ0v) is 9.51. The van der Waals surface area contributed by atoms with E-state index in [1.165, 1.54) is 0 Å². The van der Waals surface area contributed by atoms with Crippen LogP contribution in [-0.4, -0.2) is 9.97 Å². The Morgan fingerprint density at radius 2 is 2.00 bits per heavy atom. The zero-order chi connectivity index (χ0) is 10.1. The van der Waals surface area contributed by atoms with Gasteiger partial charge in [-0.1, -0.05) is 20.8 Å². The minimum Gasteiger partial charge on any atom is -0.308 e. The molecule has 0 bridgehead atoms. The van der Waals surface area contributed by atoms with Gasteiger partial charge in [-0.05, 0) is 15.9 Å². The van der Waals surface area contributed by atoms with E-state index in [2.05, 4.69) is 52.1 Å². The van der Waals surface area contributed by atoms with Crippen LogP contribution in [0.15, 0.2) is 10.7 Å². The summed E-state index contributed by atoms with van der Waals surface area (Å²) in [5.74, 6) is 6.65. The lowest BCUT2D eigenvalue weighted by Gasteiger charge is -2.17. The van der Waals surface area contributed by atoms with Crippen LogP contribution < -0.4 is 11.3 Å². The van der Waals surface area contributed by atoms with Crippen molar-refractivity contribution in [3.05, 3.63) is 16.5 Å². The van der Waals surface area contributed by atoms with Gasteiger partial charge in [-0.25, -0.2) is 15.8 Å². The van der Waals surface area contributed by atoms with E-state index in [1.54, 1.807) is 6.07 Å². The van der Waals surface area contributed by atoms with Gasteiger partial charge in [-0.3, -0.25) is 0 Å². The summed E-state index contributed by atoms with van der Waals surface area (Å²) in [6.07, 6.45) is 0. The number of anilines is 1. The van der Waals surface area contributed by atoms with Gasteiger partial charge in [-0.15, -0.1) is 0 Å². The number of nitrogens with one attached hydrogen (secondary N) is 1. The molecule has 4 nitrogen and oxygen atoms in total. The second-order valence-corrected chi connectivity index (χ2v) is 4.61. The molecular formula is C8H13BrN4. The van der Waals surface area contributed by atoms with Crippen LogP contribution in [0.25, 0.3) is 0 Å². The topological polar surface area (TPSA) is 63.8 Å². The Morgan fingerprint density at radius 1 is 1.38 bits per heavy atom. The first-order valence-electron chi connectivity index (χ1n) is 3.95. The number of hydrogen-bond donors (Lipinski definition) is 2. The first-order valence-corrected chi connectivity index (χ1v) is 4.74. The molecule has 0 saturated carbocycles. The van der Waals surface area contributed by atoms with Crippen LogP contribution in [-0.2, 0) is 5.41 Å². The maximum absolute atomic E-state index is 5.27. The Morgan fingerprint density at radius 3 is 2.46 bits per heavy atom. The number of hydrazine groups is 1. The third-order valence-electron chi connectivity index (χ3n) is 1.51. The Kier molecular flexibility index (Phi) is 2.87. The highest BCUT2D eigenvalue weighted by atomic mass is 79.9. The number of nitrogen functional groups attached to an aromatic ring is 1. The second-order valence-electron chi connectivity index (χ2n) is 3.79. The van der Waals surface area contributed by atoms with E-state index in [0.29, 0.717) is 5.82 Å². The summed E-state index contributed by atoms with van der Waals surface area (Å²) in [6, 6.07) is 1.73. The van der Waals surface area contributed by atoms with Crippen molar-refractivity contribution in [1.29, 1.82) is 0 Å². The average molecular weight is 245 g/mol. The maximum Gasteiger partial charge on any atom is 0.144 e. The maximum atomic E-state index is 5.27. The van der Waals surface area contributed by atoms with Crippen LogP contribution in [0.5, 0.6) is 0 Å². The Balaban J connectivity index is 3.16. The van der Waals surface area contributed by atoms with Crippen molar-refractivity contribution in [2.24, 2.45) is 5.84 Å². The highest BCUT2D eigenvalue weighted by molar-refractivity contribution is 9.10. The van der Waals surface area contributed by atoms with Crippen molar-refractivity contribution in [2.45, 2.75) is 26.2 Å². The van der Waals surface area contributed by atoms with Gasteiger partial charge in [0.25, 0.3) is 0 Å². The highest BCUT2D eigenvalue weighted by Crippen LogP contribution is 2.21. The van der Waals surface area contributed by atoms with E-state index in [4.69, 9.17) is 5.84 Å². The van der Waals surface area contributed by atoms with E-state index < -0.39 is 0 Å². The summed E-state index contributed by atoms with van der Waals surface area (Å²) < 4.78 is 0.736. The minimum atomic E-state index is -0.0740. The molecular weight excluding hydrogens is 232 g/mol. The van der Waals surface area contributed by atoms with E-state index >= 15 is 0 Å². The number of nitrogens with two attached hydrogens (primary N) is 1. The Bertz CT molecular complexity index is 306. The Labute approximate surface area is 86.1 Å². The monoisotopic (exact) mass is 244 g/mol. The van der Waals surface area contributed by atoms with Crippen LogP contribution in [0.3, 0.4) is 0 Å². The largest absolute Gasteiger partial charge is 0.308 e. The summed E-state index contributed by atoms with van der Waals surface area (Å²) in [7, 11) is 0. The number of rotatable bonds is 1. The van der Waals surface area contributed by atoms with E-state index in [0.717, 1.165) is 10.4 Å². The fraction of sp³-hybridized carbons (Fsp3) is 0.500. The first kappa shape index (κ1) is 10.4. The average Bonchev–Trinajstić information content (AvgIpc) is 2.01. The van der Waals surface area contributed by atoms with Crippen LogP contribution in [0.2, 0.25) is 0 Å². The molecule has 1 rings (SSSR count). The fourth-order valence-corrected chi connectivity index (χ4v) is 1.21. The normalized spacial score (nSPS) is 11.5. The van der Waals surface area contributed by atoms with Crippen molar-refractivity contribution in [3.8, 4) is 0 Å². The fourth-order valence-electron chi connectivity index (χ4n) is 0.827. The predicted molar refractivity (Wildman–Crippen MR) is 56.2 cm³/mol. The van der Waals surface area contributed by atoms with Gasteiger partial charge >= 0.3 is 0 Å². The van der Waals surface area contributed by atoms with Crippen molar-refractivity contribution in [1.82, 2.24) is 9.97 Å². The minimum absolute atomic E-state index is 0.0740. The Hall–Kier alpha value is -0.680. The molecule has 0 radical (unpaired) electrons. The summed E-state index contributed by atoms with van der Waals surface area (Å²) >= 11 is 3.30. The second kappa shape index (κ2) is 3.59. The molecule has 0 saturated heterocycles. The number of nitrogens with zero attached hydrogens (tertiary/aromatic N) is 2. The van der Waals surface area contributed by atoms with Gasteiger partial charge in [0.1, 0.15) is 16.2 Å². The van der Waals surface area contributed by atoms with E-state index in [-0.39, 0.29) is 5.41 Å². The summed E-state index contributed by atoms with van der Waals surface area (Å²) in [6.45, 7) is 6.15. The molecule has 0 aromatic carbocycles. The van der Waals surface area contributed by atoms with Crippen LogP contribution in [0, 0.1) is 0 Å². The molecule has 13 heavy (non-hydrogen) atoms. The molecule has 3 N–H and O–H groups in total. The molecule has 0 fully saturated rings. The van der Waals surface area contributed by atoms with Gasteiger partial charge in [0.2, 0.25) is 0 Å². The number of aromatic nitrogens is 2. The predicted octanol–water partition coefficient (Wildman–Crippen LogP) is 1.82. The van der Waals surface area contributed by atoms with Crippen LogP contribution in [0.1, 0.15) is 26.6 Å². The zero-order valence-electron chi connectivity index (χ0n) is 7.93. The molecule has 0 aliphatic heterocycles. The lowest BCUT2D eigenvalue weighted by Crippen LogP contribution is -2.18. The van der Waals surface area contributed by atoms with Crippen molar-refractivity contribution in [2.75, 3.05) is 5.43 Å². The van der Waals surface area contributed by atoms with Gasteiger partial charge in [0.05, 0.1) is 0 Å². The van der Waals surface area contributed by atoms with Gasteiger partial charge in [0.15, 0.2) is 0 Å². The molecule has 5 heteroatoms. The molecule has 0 atom stereocenters. The van der Waals surface area contributed by atoms with Gasteiger partial charge in [-0.2, -0.15) is 0 Å². The molecule has 0 amide bonds. The van der Waals surface area contributed by atoms with Crippen LogP contribution in [0.4, 0.5) is 5.82 Å². The molecule has 1 heterocycles. The van der Waals surface area contributed by atoms with Crippen molar-refractivity contribution < 1.29 is 0 Å². The van der Waals surface area contributed by atoms with Crippen molar-refractivity contribution >= 4 is 21.7 Å². The quantitative estimate of drug-likeness (QED) is 0.450. The van der Waals surface area contributed by atoms with E-state index in [9.17, 15) is 0 Å². The molecule has 1 aromatic heterocycles. The smallest absolute Gasteiger partial charge is 0.144 e. The first-order chi connectivity index (χ1) is 5.93. The summed E-state index contributed by atoms with van der Waals surface area (Å²) in [5, 5.41) is 0. The lowest BCUT2D eigenvalue weighted by molar-refractivity contribution is 0.544. The van der Waals surface area contributed by atoms with E-state index in [1.807, 2.05) is 0 Å². The van der Waals surface area contributed by atoms with Gasteiger partial charge < -0.3 is 5.43 Å². The standard InChI is InChI=1S/C8H13BrN4/c1-8(2,3)7-11-5(9)4-6(12-7)13-10/h4H,10H2,1-3H3,(H,11,12,13). The molecule has 0 aliphatic rings. The summed E-state index contributed by atoms with van der Waals surface area (Å²) in [5.41, 5.74) is 2.43. The van der Waals surface area contributed by atoms with Crippen LogP contribution >= 0.6 is 15.9 Å². The molecule has 0 spiro atoms. The molecule has 0 aliphatic carbocycles. The van der Waals surface area contributed by atoms with Crippen molar-refractivity contribution in [3.63, 3.8) is 0 Å². The SMILES string of the molecule is CC(C)(C)c1nc(Br)cc(NN)n1. The highest BCUT2D eigenvalue weighted by Gasteiger charge is 2.18. The lowest BCUT2D eigenvalue weighted by atomic mass is 9.96. The molecule has 1 aromatic rings. The molecule has 72 valence electrons. The summed E-state index contributed by atoms with van der Waals surface area (Å²) in [4.78, 5) is 8.51. The third-order valence-corrected chi connectivity index (χ3v) is 1.92. The molecule has 0 unspecified atom stereocenters.